The number of anilines is 1. The summed E-state index contributed by atoms with van der Waals surface area (Å²) in [7, 11) is 0. The number of hydrogen-bond donors (Lipinski definition) is 1. The summed E-state index contributed by atoms with van der Waals surface area (Å²) in [5.74, 6) is -1.59. The van der Waals surface area contributed by atoms with Crippen molar-refractivity contribution >= 4 is 44.1 Å². The maximum absolute atomic E-state index is 13.5. The molecule has 3 aromatic carbocycles. The van der Waals surface area contributed by atoms with Crippen molar-refractivity contribution in [2.24, 2.45) is 0 Å². The Labute approximate surface area is 214 Å². The van der Waals surface area contributed by atoms with Crippen molar-refractivity contribution in [1.29, 1.82) is 0 Å². The van der Waals surface area contributed by atoms with E-state index in [4.69, 9.17) is 4.98 Å². The van der Waals surface area contributed by atoms with E-state index in [0.717, 1.165) is 27.8 Å². The lowest BCUT2D eigenvalue weighted by Crippen LogP contribution is -2.29. The van der Waals surface area contributed by atoms with Crippen LogP contribution in [-0.4, -0.2) is 21.8 Å². The molecule has 0 bridgehead atoms. The lowest BCUT2D eigenvalue weighted by molar-refractivity contribution is -0.132. The first-order chi connectivity index (χ1) is 17.2. The number of ketones is 1. The highest BCUT2D eigenvalue weighted by Crippen LogP contribution is 2.44. The van der Waals surface area contributed by atoms with Crippen molar-refractivity contribution in [2.45, 2.75) is 45.6 Å². The van der Waals surface area contributed by atoms with Crippen molar-refractivity contribution in [3.8, 4) is 0 Å². The van der Waals surface area contributed by atoms with Gasteiger partial charge in [0.2, 0.25) is 0 Å². The number of aromatic nitrogens is 1. The Hall–Kier alpha value is -3.77. The molecule has 1 atom stereocenters. The Balaban J connectivity index is 1.70. The molecule has 0 spiro atoms. The number of thiazole rings is 1. The zero-order chi connectivity index (χ0) is 25.6. The molecule has 0 unspecified atom stereocenters. The molecule has 1 aliphatic rings. The van der Waals surface area contributed by atoms with E-state index in [-0.39, 0.29) is 16.7 Å². The number of carbonyl (C=O) groups is 2. The minimum absolute atomic E-state index is 0.0472. The van der Waals surface area contributed by atoms with Gasteiger partial charge in [-0.1, -0.05) is 99.7 Å². The maximum Gasteiger partial charge on any atom is 0.301 e. The number of rotatable bonds is 4. The molecule has 1 saturated heterocycles. The van der Waals surface area contributed by atoms with Crippen molar-refractivity contribution in [3.05, 3.63) is 101 Å². The van der Waals surface area contributed by atoms with Gasteiger partial charge in [0.05, 0.1) is 21.8 Å². The second-order valence-electron chi connectivity index (χ2n) is 10.1. The van der Waals surface area contributed by atoms with Gasteiger partial charge in [0, 0.05) is 5.56 Å². The monoisotopic (exact) mass is 496 g/mol. The van der Waals surface area contributed by atoms with Gasteiger partial charge in [-0.2, -0.15) is 0 Å². The predicted octanol–water partition coefficient (Wildman–Crippen LogP) is 6.78. The first-order valence-electron chi connectivity index (χ1n) is 12.1. The number of hydrogen-bond acceptors (Lipinski definition) is 5. The minimum atomic E-state index is -0.787. The van der Waals surface area contributed by atoms with Gasteiger partial charge in [-0.3, -0.25) is 14.5 Å². The van der Waals surface area contributed by atoms with E-state index >= 15 is 0 Å². The van der Waals surface area contributed by atoms with Crippen LogP contribution in [0.25, 0.3) is 16.0 Å². The quantitative estimate of drug-likeness (QED) is 0.192. The number of amides is 1. The Morgan fingerprint density at radius 3 is 2.33 bits per heavy atom. The number of benzene rings is 3. The van der Waals surface area contributed by atoms with E-state index < -0.39 is 17.7 Å². The summed E-state index contributed by atoms with van der Waals surface area (Å²) in [6.45, 7) is 8.49. The highest BCUT2D eigenvalue weighted by molar-refractivity contribution is 7.22. The SMILES string of the molecule is CCc1ccc2nc(N3C(=O)C(=O)C(=C(O)c4ccccc4)[C@@H]3c3ccc(C(C)(C)C)cc3)sc2c1. The number of aryl methyl sites for hydroxylation is 1. The average molecular weight is 497 g/mol. The van der Waals surface area contributed by atoms with Gasteiger partial charge < -0.3 is 5.11 Å². The fraction of sp³-hybridized carbons (Fsp3) is 0.233. The zero-order valence-electron chi connectivity index (χ0n) is 20.8. The van der Waals surface area contributed by atoms with E-state index in [0.29, 0.717) is 10.7 Å². The van der Waals surface area contributed by atoms with Gasteiger partial charge in [-0.25, -0.2) is 4.98 Å². The molecule has 0 radical (unpaired) electrons. The third-order valence-electron chi connectivity index (χ3n) is 6.64. The third kappa shape index (κ3) is 4.11. The fourth-order valence-corrected chi connectivity index (χ4v) is 5.60. The molecule has 1 N–H and O–H groups in total. The van der Waals surface area contributed by atoms with E-state index in [1.807, 2.05) is 42.5 Å². The van der Waals surface area contributed by atoms with Crippen molar-refractivity contribution in [1.82, 2.24) is 4.98 Å². The van der Waals surface area contributed by atoms with Crippen LogP contribution < -0.4 is 4.90 Å². The zero-order valence-corrected chi connectivity index (χ0v) is 21.6. The van der Waals surface area contributed by atoms with Crippen molar-refractivity contribution < 1.29 is 14.7 Å². The number of carbonyl (C=O) groups excluding carboxylic acids is 2. The number of nitrogens with zero attached hydrogens (tertiary/aromatic N) is 2. The molecule has 6 heteroatoms. The van der Waals surface area contributed by atoms with Crippen LogP contribution in [0.15, 0.2) is 78.4 Å². The van der Waals surface area contributed by atoms with Gasteiger partial charge in [0.25, 0.3) is 5.78 Å². The molecular formula is C30H28N2O3S. The lowest BCUT2D eigenvalue weighted by Gasteiger charge is -2.24. The molecule has 4 aromatic rings. The smallest absolute Gasteiger partial charge is 0.301 e. The Morgan fingerprint density at radius 2 is 1.69 bits per heavy atom. The molecule has 1 fully saturated rings. The molecule has 5 nitrogen and oxygen atoms in total. The number of Topliss-reactive ketones (excluding diaryl/α,β-unsaturated/α-hetero) is 1. The second-order valence-corrected chi connectivity index (χ2v) is 11.1. The van der Waals surface area contributed by atoms with Gasteiger partial charge in [0.15, 0.2) is 5.13 Å². The molecule has 0 saturated carbocycles. The van der Waals surface area contributed by atoms with Crippen LogP contribution in [0.3, 0.4) is 0 Å². The van der Waals surface area contributed by atoms with E-state index in [1.165, 1.54) is 21.8 Å². The van der Waals surface area contributed by atoms with Crippen LogP contribution >= 0.6 is 11.3 Å². The summed E-state index contributed by atoms with van der Waals surface area (Å²) in [4.78, 5) is 33.0. The Kier molecular flexibility index (Phi) is 6.00. The second kappa shape index (κ2) is 9.03. The average Bonchev–Trinajstić information content (AvgIpc) is 3.41. The van der Waals surface area contributed by atoms with Gasteiger partial charge in [0.1, 0.15) is 5.76 Å². The van der Waals surface area contributed by atoms with Gasteiger partial charge in [-0.05, 0) is 40.7 Å². The topological polar surface area (TPSA) is 70.5 Å². The molecule has 182 valence electrons. The van der Waals surface area contributed by atoms with E-state index in [1.54, 1.807) is 24.3 Å². The number of fused-ring (bicyclic) bond motifs is 1. The summed E-state index contributed by atoms with van der Waals surface area (Å²) in [5, 5.41) is 11.7. The molecule has 1 amide bonds. The first kappa shape index (κ1) is 23.9. The predicted molar refractivity (Wildman–Crippen MR) is 145 cm³/mol. The molecule has 36 heavy (non-hydrogen) atoms. The van der Waals surface area contributed by atoms with E-state index in [2.05, 4.69) is 33.8 Å². The summed E-state index contributed by atoms with van der Waals surface area (Å²) < 4.78 is 0.955. The molecule has 5 rings (SSSR count). The van der Waals surface area contributed by atoms with Crippen LogP contribution in [0.1, 0.15) is 56.0 Å². The summed E-state index contributed by atoms with van der Waals surface area (Å²) in [5.41, 5.74) is 4.35. The number of aliphatic hydroxyl groups is 1. The highest BCUT2D eigenvalue weighted by atomic mass is 32.1. The standard InChI is InChI=1S/C30H28N2O3S/c1-5-18-11-16-22-23(17-18)36-29(31-22)32-25(19-12-14-21(15-13-19)30(2,3)4)24(27(34)28(32)35)26(33)20-9-7-6-8-10-20/h6-17,25,33H,5H2,1-4H3/t25-/m0/s1. The molecule has 1 aliphatic heterocycles. The Morgan fingerprint density at radius 1 is 1.00 bits per heavy atom. The van der Waals surface area contributed by atoms with Gasteiger partial charge >= 0.3 is 5.91 Å². The fourth-order valence-electron chi connectivity index (χ4n) is 4.54. The summed E-state index contributed by atoms with van der Waals surface area (Å²) in [6, 6.07) is 22.0. The van der Waals surface area contributed by atoms with Crippen LogP contribution in [0, 0.1) is 0 Å². The first-order valence-corrected chi connectivity index (χ1v) is 12.9. The Bertz CT molecular complexity index is 1490. The largest absolute Gasteiger partial charge is 0.507 e. The van der Waals surface area contributed by atoms with Crippen molar-refractivity contribution in [2.75, 3.05) is 4.90 Å². The van der Waals surface area contributed by atoms with Crippen LogP contribution in [0.2, 0.25) is 0 Å². The molecular weight excluding hydrogens is 468 g/mol. The highest BCUT2D eigenvalue weighted by Gasteiger charge is 2.48. The maximum atomic E-state index is 13.5. The lowest BCUT2D eigenvalue weighted by atomic mass is 9.85. The summed E-state index contributed by atoms with van der Waals surface area (Å²) in [6.07, 6.45) is 0.894. The third-order valence-corrected chi connectivity index (χ3v) is 7.66. The minimum Gasteiger partial charge on any atom is -0.507 e. The molecule has 0 aliphatic carbocycles. The van der Waals surface area contributed by atoms with Crippen LogP contribution in [0.5, 0.6) is 0 Å². The number of aliphatic hydroxyl groups excluding tert-OH is 1. The van der Waals surface area contributed by atoms with Crippen LogP contribution in [0.4, 0.5) is 5.13 Å². The van der Waals surface area contributed by atoms with Crippen molar-refractivity contribution in [3.63, 3.8) is 0 Å². The molecule has 2 heterocycles. The molecule has 1 aromatic heterocycles. The van der Waals surface area contributed by atoms with Gasteiger partial charge in [-0.15, -0.1) is 0 Å². The summed E-state index contributed by atoms with van der Waals surface area (Å²) >= 11 is 1.38. The normalized spacial score (nSPS) is 17.8. The van der Waals surface area contributed by atoms with Crippen LogP contribution in [-0.2, 0) is 21.4 Å². The van der Waals surface area contributed by atoms with E-state index in [9.17, 15) is 14.7 Å².